The molecular weight excluding hydrogens is 276 g/mol. The number of unbranched alkanes of at least 4 members (excludes halogenated alkanes) is 1. The van der Waals surface area contributed by atoms with Crippen LogP contribution in [0.4, 0.5) is 0 Å². The van der Waals surface area contributed by atoms with Crippen LogP contribution in [0.5, 0.6) is 0 Å². The van der Waals surface area contributed by atoms with Gasteiger partial charge >= 0.3 is 5.97 Å². The molecule has 0 aromatic rings. The predicted octanol–water partition coefficient (Wildman–Crippen LogP) is 3.48. The number of nitrogens with zero attached hydrogens (tertiary/aromatic N) is 1. The molecule has 130 valence electrons. The summed E-state index contributed by atoms with van der Waals surface area (Å²) in [5.74, 6) is -0.248. The minimum atomic E-state index is -0.475. The molecular formula is C18H36N2O2. The van der Waals surface area contributed by atoms with E-state index in [1.807, 2.05) is 6.92 Å². The highest BCUT2D eigenvalue weighted by Gasteiger charge is 2.35. The summed E-state index contributed by atoms with van der Waals surface area (Å²) < 4.78 is 5.05. The quantitative estimate of drug-likeness (QED) is 0.627. The minimum absolute atomic E-state index is 0.223. The van der Waals surface area contributed by atoms with Crippen molar-refractivity contribution < 1.29 is 9.53 Å². The van der Waals surface area contributed by atoms with Crippen LogP contribution in [0, 0.1) is 0 Å². The third-order valence-electron chi connectivity index (χ3n) is 5.19. The Morgan fingerprint density at radius 1 is 1.18 bits per heavy atom. The number of esters is 1. The first kappa shape index (κ1) is 19.4. The van der Waals surface area contributed by atoms with Crippen LogP contribution in [0.3, 0.4) is 0 Å². The zero-order valence-electron chi connectivity index (χ0n) is 14.9. The standard InChI is InChI=1S/C18H36N2O2/c1-4-7-12-18(5-2,20-14-9-8-10-15-20)13-11-16(19)17(21)22-6-3/h16H,4-15,19H2,1-3H3. The van der Waals surface area contributed by atoms with Crippen LogP contribution >= 0.6 is 0 Å². The molecule has 0 radical (unpaired) electrons. The lowest BCUT2D eigenvalue weighted by molar-refractivity contribution is -0.145. The van der Waals surface area contributed by atoms with Gasteiger partial charge < -0.3 is 10.5 Å². The van der Waals surface area contributed by atoms with Crippen LogP contribution in [0.1, 0.15) is 78.6 Å². The lowest BCUT2D eigenvalue weighted by Crippen LogP contribution is -2.51. The van der Waals surface area contributed by atoms with E-state index in [2.05, 4.69) is 18.7 Å². The van der Waals surface area contributed by atoms with Crippen molar-refractivity contribution in [3.63, 3.8) is 0 Å². The topological polar surface area (TPSA) is 55.6 Å². The van der Waals surface area contributed by atoms with E-state index in [1.54, 1.807) is 0 Å². The fourth-order valence-electron chi connectivity index (χ4n) is 3.68. The van der Waals surface area contributed by atoms with Crippen LogP contribution in [-0.4, -0.2) is 42.1 Å². The average molecular weight is 312 g/mol. The van der Waals surface area contributed by atoms with Gasteiger partial charge in [0.25, 0.3) is 0 Å². The van der Waals surface area contributed by atoms with Crippen molar-refractivity contribution in [2.45, 2.75) is 90.1 Å². The van der Waals surface area contributed by atoms with Crippen molar-refractivity contribution in [2.75, 3.05) is 19.7 Å². The highest BCUT2D eigenvalue weighted by atomic mass is 16.5. The Balaban J connectivity index is 2.69. The van der Waals surface area contributed by atoms with Crippen LogP contribution in [0.25, 0.3) is 0 Å². The van der Waals surface area contributed by atoms with E-state index < -0.39 is 6.04 Å². The number of carbonyl (C=O) groups is 1. The van der Waals surface area contributed by atoms with Crippen molar-refractivity contribution >= 4 is 5.97 Å². The van der Waals surface area contributed by atoms with Crippen LogP contribution in [0.2, 0.25) is 0 Å². The Morgan fingerprint density at radius 2 is 1.86 bits per heavy atom. The molecule has 1 heterocycles. The maximum absolute atomic E-state index is 11.8. The predicted molar refractivity (Wildman–Crippen MR) is 91.8 cm³/mol. The lowest BCUT2D eigenvalue weighted by Gasteiger charge is -2.46. The molecule has 2 N–H and O–H groups in total. The number of hydrogen-bond acceptors (Lipinski definition) is 4. The van der Waals surface area contributed by atoms with Gasteiger partial charge in [-0.3, -0.25) is 9.69 Å². The number of nitrogens with two attached hydrogens (primary N) is 1. The SMILES string of the molecule is CCCCC(CC)(CCC(N)C(=O)OCC)N1CCCCC1. The normalized spacial score (nSPS) is 20.4. The van der Waals surface area contributed by atoms with Gasteiger partial charge in [0.1, 0.15) is 6.04 Å². The van der Waals surface area contributed by atoms with Gasteiger partial charge in [0.2, 0.25) is 0 Å². The highest BCUT2D eigenvalue weighted by molar-refractivity contribution is 5.75. The van der Waals surface area contributed by atoms with E-state index in [1.165, 1.54) is 51.6 Å². The van der Waals surface area contributed by atoms with Gasteiger partial charge in [-0.05, 0) is 58.5 Å². The molecule has 0 saturated carbocycles. The summed E-state index contributed by atoms with van der Waals surface area (Å²) in [6, 6.07) is -0.475. The first-order valence-corrected chi connectivity index (χ1v) is 9.27. The number of carbonyl (C=O) groups excluding carboxylic acids is 1. The molecule has 1 saturated heterocycles. The van der Waals surface area contributed by atoms with E-state index in [0.29, 0.717) is 6.61 Å². The third kappa shape index (κ3) is 5.54. The second-order valence-corrected chi connectivity index (χ2v) is 6.63. The minimum Gasteiger partial charge on any atom is -0.465 e. The van der Waals surface area contributed by atoms with Crippen LogP contribution in [-0.2, 0) is 9.53 Å². The fraction of sp³-hybridized carbons (Fsp3) is 0.944. The third-order valence-corrected chi connectivity index (χ3v) is 5.19. The van der Waals surface area contributed by atoms with Crippen molar-refractivity contribution in [3.8, 4) is 0 Å². The number of hydrogen-bond donors (Lipinski definition) is 1. The highest BCUT2D eigenvalue weighted by Crippen LogP contribution is 2.34. The molecule has 0 aromatic heterocycles. The van der Waals surface area contributed by atoms with E-state index in [9.17, 15) is 4.79 Å². The van der Waals surface area contributed by atoms with Gasteiger partial charge in [-0.1, -0.05) is 33.1 Å². The lowest BCUT2D eigenvalue weighted by atomic mass is 9.81. The summed E-state index contributed by atoms with van der Waals surface area (Å²) in [7, 11) is 0. The molecule has 2 atom stereocenters. The van der Waals surface area contributed by atoms with Gasteiger partial charge in [0, 0.05) is 5.54 Å². The molecule has 4 nitrogen and oxygen atoms in total. The van der Waals surface area contributed by atoms with Crippen molar-refractivity contribution in [3.05, 3.63) is 0 Å². The van der Waals surface area contributed by atoms with Gasteiger partial charge in [0.05, 0.1) is 6.61 Å². The van der Waals surface area contributed by atoms with E-state index >= 15 is 0 Å². The first-order chi connectivity index (χ1) is 10.6. The number of ether oxygens (including phenoxy) is 1. The Bertz CT molecular complexity index is 316. The van der Waals surface area contributed by atoms with Gasteiger partial charge in [0.15, 0.2) is 0 Å². The van der Waals surface area contributed by atoms with E-state index in [0.717, 1.165) is 19.3 Å². The van der Waals surface area contributed by atoms with Crippen molar-refractivity contribution in [1.29, 1.82) is 0 Å². The molecule has 22 heavy (non-hydrogen) atoms. The van der Waals surface area contributed by atoms with Crippen molar-refractivity contribution in [1.82, 2.24) is 4.90 Å². The molecule has 1 rings (SSSR count). The largest absolute Gasteiger partial charge is 0.465 e. The first-order valence-electron chi connectivity index (χ1n) is 9.27. The molecule has 0 aliphatic carbocycles. The van der Waals surface area contributed by atoms with Gasteiger partial charge in [-0.25, -0.2) is 0 Å². The van der Waals surface area contributed by atoms with Gasteiger partial charge in [-0.15, -0.1) is 0 Å². The molecule has 0 amide bonds. The van der Waals surface area contributed by atoms with Crippen LogP contribution < -0.4 is 5.73 Å². The maximum Gasteiger partial charge on any atom is 0.322 e. The summed E-state index contributed by atoms with van der Waals surface area (Å²) in [4.78, 5) is 14.5. The Hall–Kier alpha value is -0.610. The smallest absolute Gasteiger partial charge is 0.322 e. The molecule has 2 unspecified atom stereocenters. The summed E-state index contributed by atoms with van der Waals surface area (Å²) in [6.45, 7) is 9.18. The Morgan fingerprint density at radius 3 is 2.41 bits per heavy atom. The molecule has 0 bridgehead atoms. The molecule has 1 aliphatic rings. The number of piperidine rings is 1. The monoisotopic (exact) mass is 312 g/mol. The number of likely N-dealkylation sites (tertiary alicyclic amines) is 1. The average Bonchev–Trinajstić information content (AvgIpc) is 2.56. The molecule has 4 heteroatoms. The van der Waals surface area contributed by atoms with Gasteiger partial charge in [-0.2, -0.15) is 0 Å². The summed E-state index contributed by atoms with van der Waals surface area (Å²) in [5, 5.41) is 0. The van der Waals surface area contributed by atoms with Crippen molar-refractivity contribution in [2.24, 2.45) is 5.73 Å². The zero-order chi connectivity index (χ0) is 16.4. The Kier molecular flexibility index (Phi) is 9.03. The molecule has 1 aliphatic heterocycles. The molecule has 0 aromatic carbocycles. The molecule has 0 spiro atoms. The van der Waals surface area contributed by atoms with E-state index in [4.69, 9.17) is 10.5 Å². The summed E-state index contributed by atoms with van der Waals surface area (Å²) in [5.41, 5.74) is 6.25. The second kappa shape index (κ2) is 10.2. The Labute approximate surface area is 136 Å². The summed E-state index contributed by atoms with van der Waals surface area (Å²) >= 11 is 0. The van der Waals surface area contributed by atoms with E-state index in [-0.39, 0.29) is 11.5 Å². The second-order valence-electron chi connectivity index (χ2n) is 6.63. The fourth-order valence-corrected chi connectivity index (χ4v) is 3.68. The zero-order valence-corrected chi connectivity index (χ0v) is 14.9. The summed E-state index contributed by atoms with van der Waals surface area (Å²) in [6.07, 6.45) is 10.5. The number of rotatable bonds is 10. The van der Waals surface area contributed by atoms with Crippen LogP contribution in [0.15, 0.2) is 0 Å². The maximum atomic E-state index is 11.8. The molecule has 1 fully saturated rings.